The fourth-order valence-electron chi connectivity index (χ4n) is 14.8. The van der Waals surface area contributed by atoms with Gasteiger partial charge in [0, 0.05) is 66.2 Å². The Morgan fingerprint density at radius 2 is 0.787 bits per heavy atom. The minimum absolute atomic E-state index is 0.646. The van der Waals surface area contributed by atoms with Crippen molar-refractivity contribution in [1.29, 1.82) is 0 Å². The van der Waals surface area contributed by atoms with Crippen LogP contribution in [0.4, 0.5) is 0 Å². The molecule has 5 nitrogen and oxygen atoms in total. The lowest BCUT2D eigenvalue weighted by atomic mass is 9.92. The maximum Gasteiger partial charge on any atom is 0.160 e. The number of allylic oxidation sites excluding steroid dienone is 4. The van der Waals surface area contributed by atoms with E-state index >= 15 is 0 Å². The number of hydrogen-bond donors (Lipinski definition) is 0. The van der Waals surface area contributed by atoms with Crippen LogP contribution in [-0.4, -0.2) is 23.7 Å². The first-order valence-corrected chi connectivity index (χ1v) is 32.2. The molecule has 0 bridgehead atoms. The Kier molecular flexibility index (Phi) is 13.5. The molecule has 0 saturated carbocycles. The molecule has 94 heavy (non-hydrogen) atoms. The van der Waals surface area contributed by atoms with Crippen LogP contribution in [0.25, 0.3) is 178 Å². The Bertz CT molecular complexity index is 6010. The van der Waals surface area contributed by atoms with Gasteiger partial charge in [-0.3, -0.25) is 0 Å². The highest BCUT2D eigenvalue weighted by Crippen LogP contribution is 2.43. The van der Waals surface area contributed by atoms with Gasteiger partial charge < -0.3 is 13.7 Å². The predicted octanol–water partition coefficient (Wildman–Crippen LogP) is 24.0. The summed E-state index contributed by atoms with van der Waals surface area (Å²) in [5, 5.41) is 13.3. The molecule has 13 aromatic carbocycles. The van der Waals surface area contributed by atoms with Crippen molar-refractivity contribution in [2.45, 2.75) is 20.8 Å². The molecule has 0 saturated heterocycles. The van der Waals surface area contributed by atoms with Crippen molar-refractivity contribution in [2.24, 2.45) is 0 Å². The van der Waals surface area contributed by atoms with Crippen LogP contribution in [-0.2, 0) is 0 Å². The molecular formula is C89H63N5. The zero-order valence-electron chi connectivity index (χ0n) is 52.5. The van der Waals surface area contributed by atoms with E-state index in [4.69, 9.17) is 9.97 Å². The molecule has 0 aliphatic heterocycles. The van der Waals surface area contributed by atoms with Gasteiger partial charge in [0.05, 0.1) is 44.7 Å². The molecule has 0 N–H and O–H groups in total. The highest BCUT2D eigenvalue weighted by Gasteiger charge is 2.21. The summed E-state index contributed by atoms with van der Waals surface area (Å²) in [6, 6.07) is 99.6. The smallest absolute Gasteiger partial charge is 0.160 e. The van der Waals surface area contributed by atoms with Crippen molar-refractivity contribution < 1.29 is 0 Å². The third kappa shape index (κ3) is 9.07. The number of nitrogens with zero attached hydrogens (tertiary/aromatic N) is 5. The van der Waals surface area contributed by atoms with Gasteiger partial charge in [-0.1, -0.05) is 195 Å². The second-order valence-electron chi connectivity index (χ2n) is 24.5. The fourth-order valence-corrected chi connectivity index (χ4v) is 14.8. The topological polar surface area (TPSA) is 40.6 Å². The Balaban J connectivity index is 0.790. The number of benzene rings is 13. The molecule has 0 amide bonds. The lowest BCUT2D eigenvalue weighted by Gasteiger charge is -2.14. The van der Waals surface area contributed by atoms with Gasteiger partial charge in [-0.2, -0.15) is 0 Å². The molecule has 4 aromatic heterocycles. The van der Waals surface area contributed by atoms with Crippen LogP contribution in [0.15, 0.2) is 304 Å². The summed E-state index contributed by atoms with van der Waals surface area (Å²) in [4.78, 5) is 11.0. The van der Waals surface area contributed by atoms with Crippen molar-refractivity contribution in [2.75, 3.05) is 0 Å². The summed E-state index contributed by atoms with van der Waals surface area (Å²) in [6.07, 6.45) is 10.4. The monoisotopic (exact) mass is 1200 g/mol. The van der Waals surface area contributed by atoms with E-state index in [1.807, 2.05) is 12.2 Å². The van der Waals surface area contributed by atoms with Gasteiger partial charge in [0.15, 0.2) is 5.82 Å². The summed E-state index contributed by atoms with van der Waals surface area (Å²) in [6.45, 7) is 14.7. The quantitative estimate of drug-likeness (QED) is 0.0903. The van der Waals surface area contributed by atoms with E-state index in [9.17, 15) is 0 Å². The van der Waals surface area contributed by atoms with E-state index in [1.54, 1.807) is 0 Å². The van der Waals surface area contributed by atoms with Crippen molar-refractivity contribution >= 4 is 105 Å². The highest BCUT2D eigenvalue weighted by atomic mass is 15.0. The Morgan fingerprint density at radius 3 is 1.37 bits per heavy atom. The first kappa shape index (κ1) is 55.9. The molecule has 0 radical (unpaired) electrons. The summed E-state index contributed by atoms with van der Waals surface area (Å²) >= 11 is 0. The van der Waals surface area contributed by atoms with Gasteiger partial charge in [-0.25, -0.2) is 9.97 Å². The van der Waals surface area contributed by atoms with E-state index in [0.717, 1.165) is 106 Å². The number of aryl methyl sites for hydroxylation is 1. The fraction of sp³-hybridized carbons (Fsp3) is 0.0337. The molecule has 4 heterocycles. The first-order chi connectivity index (χ1) is 46.3. The zero-order valence-corrected chi connectivity index (χ0v) is 52.5. The van der Waals surface area contributed by atoms with Gasteiger partial charge in [0.25, 0.3) is 0 Å². The molecule has 17 aromatic rings. The molecule has 0 fully saturated rings. The van der Waals surface area contributed by atoms with Crippen LogP contribution in [0.1, 0.15) is 36.2 Å². The van der Waals surface area contributed by atoms with Gasteiger partial charge in [-0.15, -0.1) is 0 Å². The normalized spacial score (nSPS) is 12.1. The van der Waals surface area contributed by atoms with Crippen LogP contribution >= 0.6 is 0 Å². The maximum atomic E-state index is 5.53. The molecule has 0 atom stereocenters. The number of aromatic nitrogens is 5. The van der Waals surface area contributed by atoms with Gasteiger partial charge in [0.1, 0.15) is 0 Å². The molecule has 5 heteroatoms. The van der Waals surface area contributed by atoms with Crippen LogP contribution < -0.4 is 0 Å². The Hall–Kier alpha value is -12.2. The van der Waals surface area contributed by atoms with Crippen LogP contribution in [0.5, 0.6) is 0 Å². The second kappa shape index (κ2) is 22.6. The molecular weight excluding hydrogens is 1140 g/mol. The van der Waals surface area contributed by atoms with Gasteiger partial charge in [0.2, 0.25) is 0 Å². The SMILES string of the molecule is C=C/C(=C/C)c1cc(-c2ccc3c(c2)c2ccccc2n3-c2ccc(-c3nc(-c4cccc(-n5c6ccccc6c6cc(-c7ccc8c(c7)c(C=C)c(/C=C\C)n8-c7ccccc7)ccc65)c4)cc(-c4ccc5c6ccccc6c6ccccc6c5c4)n3)cc2)ccc1C. The predicted molar refractivity (Wildman–Crippen MR) is 401 cm³/mol. The standard InChI is InChI=1S/C89H63N5/c1-6-22-83-68(9-4)78-51-60(40-46-86(78)92(83)65-24-11-10-12-25-65)62-42-48-88-80(53-62)75-32-18-20-34-85(75)94(88)67-26-21-23-63(49-67)81-55-82(64-39-45-73-71-29-14-13-27-69(71)70-28-15-16-30-72(70)77(73)54-64)91-89(90-81)58-37-43-66(44-38-58)93-84-33-19-17-31-74(84)79-52-61(41-47-87(79)93)59-36-35-56(5)76(50-59)57(7-2)8-3/h6-55H,2,4H2,1,3,5H3/b22-6-,57-8-. The van der Waals surface area contributed by atoms with E-state index in [2.05, 4.69) is 339 Å². The minimum Gasteiger partial charge on any atom is -0.309 e. The molecule has 17 rings (SSSR count). The number of para-hydroxylation sites is 3. The summed E-state index contributed by atoms with van der Waals surface area (Å²) in [5.74, 6) is 0.646. The Morgan fingerprint density at radius 1 is 0.340 bits per heavy atom. The van der Waals surface area contributed by atoms with E-state index in [1.165, 1.54) is 76.1 Å². The highest BCUT2D eigenvalue weighted by molar-refractivity contribution is 6.26. The van der Waals surface area contributed by atoms with Crippen LogP contribution in [0, 0.1) is 6.92 Å². The van der Waals surface area contributed by atoms with E-state index in [0.29, 0.717) is 5.82 Å². The third-order valence-corrected chi connectivity index (χ3v) is 19.2. The van der Waals surface area contributed by atoms with Crippen molar-refractivity contribution in [3.8, 4) is 73.2 Å². The van der Waals surface area contributed by atoms with Crippen molar-refractivity contribution in [3.05, 3.63) is 327 Å². The molecule has 0 aliphatic carbocycles. The van der Waals surface area contributed by atoms with Gasteiger partial charge >= 0.3 is 0 Å². The molecule has 0 aliphatic rings. The molecule has 0 unspecified atom stereocenters. The lowest BCUT2D eigenvalue weighted by Crippen LogP contribution is -1.99. The minimum atomic E-state index is 0.646. The van der Waals surface area contributed by atoms with E-state index in [-0.39, 0.29) is 0 Å². The average molecular weight is 1200 g/mol. The van der Waals surface area contributed by atoms with Crippen molar-refractivity contribution in [1.82, 2.24) is 23.7 Å². The number of rotatable bonds is 12. The second-order valence-corrected chi connectivity index (χ2v) is 24.5. The van der Waals surface area contributed by atoms with Crippen LogP contribution in [0.3, 0.4) is 0 Å². The third-order valence-electron chi connectivity index (χ3n) is 19.2. The largest absolute Gasteiger partial charge is 0.309 e. The average Bonchev–Trinajstić information content (AvgIpc) is 1.57. The lowest BCUT2D eigenvalue weighted by molar-refractivity contribution is 1.10. The van der Waals surface area contributed by atoms with Crippen LogP contribution in [0.2, 0.25) is 0 Å². The zero-order chi connectivity index (χ0) is 63.1. The number of hydrogen-bond acceptors (Lipinski definition) is 2. The summed E-state index contributed by atoms with van der Waals surface area (Å²) in [7, 11) is 0. The maximum absolute atomic E-state index is 5.53. The molecule has 0 spiro atoms. The first-order valence-electron chi connectivity index (χ1n) is 32.2. The van der Waals surface area contributed by atoms with Crippen molar-refractivity contribution in [3.63, 3.8) is 0 Å². The summed E-state index contributed by atoms with van der Waals surface area (Å²) in [5.41, 5.74) is 23.9. The van der Waals surface area contributed by atoms with Gasteiger partial charge in [-0.05, 0) is 213 Å². The molecule has 444 valence electrons. The Labute approximate surface area is 545 Å². The number of fused-ring (bicyclic) bond motifs is 13. The van der Waals surface area contributed by atoms with E-state index < -0.39 is 0 Å². The summed E-state index contributed by atoms with van der Waals surface area (Å²) < 4.78 is 7.12.